The predicted octanol–water partition coefficient (Wildman–Crippen LogP) is 9.61. The number of rotatable bonds is 5. The molecule has 0 saturated heterocycles. The number of amides is 1. The third kappa shape index (κ3) is 6.16. The van der Waals surface area contributed by atoms with Crippen LogP contribution in [-0.4, -0.2) is 11.7 Å². The fourth-order valence-corrected chi connectivity index (χ4v) is 4.11. The quantitative estimate of drug-likeness (QED) is 0.251. The number of nitrogens with zero attached hydrogens (tertiary/aromatic N) is 2. The molecule has 4 aromatic carbocycles. The number of carbonyl (C=O) groups excluding carboxylic acids is 1. The molecule has 0 heterocycles. The summed E-state index contributed by atoms with van der Waals surface area (Å²) in [7, 11) is 0. The van der Waals surface area contributed by atoms with Crippen molar-refractivity contribution in [1.82, 2.24) is 0 Å². The predicted molar refractivity (Wildman–Crippen MR) is 153 cm³/mol. The lowest BCUT2D eigenvalue weighted by molar-refractivity contribution is 0.0599. The van der Waals surface area contributed by atoms with Crippen LogP contribution in [-0.2, 0) is 4.74 Å². The van der Waals surface area contributed by atoms with Crippen LogP contribution >= 0.6 is 15.9 Å². The smallest absolute Gasteiger partial charge is 0.419 e. The van der Waals surface area contributed by atoms with Crippen LogP contribution in [0.4, 0.5) is 33.2 Å². The number of carbonyl (C=O) groups is 1. The second-order valence-corrected chi connectivity index (χ2v) is 10.7. The Kier molecular flexibility index (Phi) is 7.51. The average molecular weight is 544 g/mol. The van der Waals surface area contributed by atoms with E-state index in [2.05, 4.69) is 64.2 Å². The highest BCUT2D eigenvalue weighted by atomic mass is 79.9. The summed E-state index contributed by atoms with van der Waals surface area (Å²) < 4.78 is 6.77. The Morgan fingerprint density at radius 1 is 0.611 bits per heavy atom. The van der Waals surface area contributed by atoms with Gasteiger partial charge in [0.25, 0.3) is 0 Å². The highest BCUT2D eigenvalue weighted by Crippen LogP contribution is 2.37. The van der Waals surface area contributed by atoms with Crippen molar-refractivity contribution in [3.63, 3.8) is 0 Å². The summed E-state index contributed by atoms with van der Waals surface area (Å²) >= 11 is 3.53. The normalized spacial score (nSPS) is 11.2. The Bertz CT molecular complexity index is 1260. The molecule has 0 aliphatic heterocycles. The van der Waals surface area contributed by atoms with Gasteiger partial charge in [0, 0.05) is 21.5 Å². The number of halogens is 1. The Morgan fingerprint density at radius 3 is 1.36 bits per heavy atom. The summed E-state index contributed by atoms with van der Waals surface area (Å²) in [6, 6.07) is 32.5. The number of hydrogen-bond donors (Lipinski definition) is 0. The van der Waals surface area contributed by atoms with Gasteiger partial charge in [-0.1, -0.05) is 51.3 Å². The molecule has 4 nitrogen and oxygen atoms in total. The van der Waals surface area contributed by atoms with Gasteiger partial charge in [-0.2, -0.15) is 0 Å². The summed E-state index contributed by atoms with van der Waals surface area (Å²) in [6.45, 7) is 9.73. The summed E-state index contributed by atoms with van der Waals surface area (Å²) in [5, 5.41) is 0. The molecular weight excluding hydrogens is 512 g/mol. The third-order valence-electron chi connectivity index (χ3n) is 5.61. The van der Waals surface area contributed by atoms with Crippen LogP contribution < -0.4 is 9.80 Å². The minimum absolute atomic E-state index is 0.414. The van der Waals surface area contributed by atoms with Crippen molar-refractivity contribution < 1.29 is 9.53 Å². The van der Waals surface area contributed by atoms with E-state index in [9.17, 15) is 4.79 Å². The first-order chi connectivity index (χ1) is 17.1. The molecule has 0 saturated carbocycles. The molecule has 0 fully saturated rings. The molecule has 4 aromatic rings. The van der Waals surface area contributed by atoms with E-state index in [1.54, 1.807) is 4.90 Å². The SMILES string of the molecule is Cc1ccc(N(C(=O)OC(C)(C)C)c2ccc(N(c3ccc(C)cc3)c3ccc(Br)cc3)cc2)cc1. The first kappa shape index (κ1) is 25.5. The Morgan fingerprint density at radius 2 is 0.944 bits per heavy atom. The monoisotopic (exact) mass is 542 g/mol. The van der Waals surface area contributed by atoms with Crippen LogP contribution in [0.25, 0.3) is 0 Å². The van der Waals surface area contributed by atoms with E-state index in [1.807, 2.05) is 88.4 Å². The lowest BCUT2D eigenvalue weighted by Gasteiger charge is -2.29. The highest BCUT2D eigenvalue weighted by Gasteiger charge is 2.25. The largest absolute Gasteiger partial charge is 0.443 e. The molecule has 0 radical (unpaired) electrons. The van der Waals surface area contributed by atoms with Gasteiger partial charge in [0.05, 0.1) is 11.4 Å². The number of hydrogen-bond acceptors (Lipinski definition) is 3. The van der Waals surface area contributed by atoms with E-state index in [0.717, 1.165) is 38.5 Å². The topological polar surface area (TPSA) is 32.8 Å². The van der Waals surface area contributed by atoms with Crippen LogP contribution in [0.2, 0.25) is 0 Å². The van der Waals surface area contributed by atoms with Gasteiger partial charge in [-0.25, -0.2) is 9.69 Å². The standard InChI is InChI=1S/C31H31BrN2O2/c1-22-6-12-25(13-7-22)33(26-16-10-24(32)11-17-26)27-18-20-29(21-19-27)34(30(35)36-31(3,4)5)28-14-8-23(2)9-15-28/h6-21H,1-5H3. The zero-order chi connectivity index (χ0) is 25.9. The van der Waals surface area contributed by atoms with Crippen molar-refractivity contribution in [3.05, 3.63) is 113 Å². The van der Waals surface area contributed by atoms with E-state index < -0.39 is 11.7 Å². The van der Waals surface area contributed by atoms with Crippen LogP contribution in [0.15, 0.2) is 102 Å². The summed E-state index contributed by atoms with van der Waals surface area (Å²) in [4.78, 5) is 17.1. The van der Waals surface area contributed by atoms with Crippen molar-refractivity contribution in [3.8, 4) is 0 Å². The molecule has 0 N–H and O–H groups in total. The molecule has 0 aliphatic rings. The van der Waals surface area contributed by atoms with Crippen molar-refractivity contribution in [2.75, 3.05) is 9.80 Å². The molecule has 1 amide bonds. The maximum atomic E-state index is 13.3. The van der Waals surface area contributed by atoms with Crippen LogP contribution in [0.5, 0.6) is 0 Å². The molecule has 0 aliphatic carbocycles. The molecule has 0 aromatic heterocycles. The van der Waals surface area contributed by atoms with Gasteiger partial charge in [-0.05, 0) is 107 Å². The van der Waals surface area contributed by atoms with Gasteiger partial charge in [-0.15, -0.1) is 0 Å². The maximum Gasteiger partial charge on any atom is 0.419 e. The van der Waals surface area contributed by atoms with E-state index in [1.165, 1.54) is 5.56 Å². The lowest BCUT2D eigenvalue weighted by atomic mass is 10.1. The molecule has 0 atom stereocenters. The van der Waals surface area contributed by atoms with Gasteiger partial charge in [0.15, 0.2) is 0 Å². The minimum Gasteiger partial charge on any atom is -0.443 e. The number of benzene rings is 4. The first-order valence-electron chi connectivity index (χ1n) is 11.9. The fourth-order valence-electron chi connectivity index (χ4n) is 3.84. The van der Waals surface area contributed by atoms with Crippen molar-refractivity contribution in [2.45, 2.75) is 40.2 Å². The van der Waals surface area contributed by atoms with Gasteiger partial charge < -0.3 is 9.64 Å². The summed E-state index contributed by atoms with van der Waals surface area (Å²) in [6.07, 6.45) is -0.414. The van der Waals surface area contributed by atoms with E-state index in [0.29, 0.717) is 0 Å². The molecule has 5 heteroatoms. The Labute approximate surface area is 222 Å². The molecule has 0 unspecified atom stereocenters. The third-order valence-corrected chi connectivity index (χ3v) is 6.14. The average Bonchev–Trinajstić information content (AvgIpc) is 2.83. The number of ether oxygens (including phenoxy) is 1. The van der Waals surface area contributed by atoms with Gasteiger partial charge in [0.2, 0.25) is 0 Å². The van der Waals surface area contributed by atoms with E-state index >= 15 is 0 Å². The zero-order valence-corrected chi connectivity index (χ0v) is 22.9. The summed E-state index contributed by atoms with van der Waals surface area (Å²) in [5.41, 5.74) is 6.29. The number of aryl methyl sites for hydroxylation is 2. The van der Waals surface area contributed by atoms with Crippen molar-refractivity contribution >= 4 is 50.5 Å². The van der Waals surface area contributed by atoms with E-state index in [4.69, 9.17) is 4.74 Å². The molecule has 0 bridgehead atoms. The molecule has 36 heavy (non-hydrogen) atoms. The maximum absolute atomic E-state index is 13.3. The zero-order valence-electron chi connectivity index (χ0n) is 21.3. The highest BCUT2D eigenvalue weighted by molar-refractivity contribution is 9.10. The number of anilines is 5. The molecule has 184 valence electrons. The lowest BCUT2D eigenvalue weighted by Crippen LogP contribution is -2.33. The first-order valence-corrected chi connectivity index (χ1v) is 12.7. The van der Waals surface area contributed by atoms with E-state index in [-0.39, 0.29) is 0 Å². The Hall–Kier alpha value is -3.57. The second kappa shape index (κ2) is 10.6. The fraction of sp³-hybridized carbons (Fsp3) is 0.194. The minimum atomic E-state index is -0.607. The molecular formula is C31H31BrN2O2. The van der Waals surface area contributed by atoms with Gasteiger partial charge in [0.1, 0.15) is 5.60 Å². The van der Waals surface area contributed by atoms with Crippen molar-refractivity contribution in [2.24, 2.45) is 0 Å². The molecule has 4 rings (SSSR count). The molecule has 0 spiro atoms. The summed E-state index contributed by atoms with van der Waals surface area (Å²) in [5.74, 6) is 0. The van der Waals surface area contributed by atoms with Gasteiger partial charge >= 0.3 is 6.09 Å². The van der Waals surface area contributed by atoms with Crippen LogP contribution in [0.1, 0.15) is 31.9 Å². The van der Waals surface area contributed by atoms with Crippen LogP contribution in [0, 0.1) is 13.8 Å². The van der Waals surface area contributed by atoms with Crippen LogP contribution in [0.3, 0.4) is 0 Å². The second-order valence-electron chi connectivity index (χ2n) is 9.82. The van der Waals surface area contributed by atoms with Gasteiger partial charge in [-0.3, -0.25) is 0 Å². The Balaban J connectivity index is 1.75. The van der Waals surface area contributed by atoms with Crippen molar-refractivity contribution in [1.29, 1.82) is 0 Å².